The topological polar surface area (TPSA) is 12.5 Å². The van der Waals surface area contributed by atoms with Crippen LogP contribution in [0.3, 0.4) is 0 Å². The van der Waals surface area contributed by atoms with Gasteiger partial charge < -0.3 is 9.64 Å². The zero-order valence-electron chi connectivity index (χ0n) is 12.6. The van der Waals surface area contributed by atoms with E-state index in [-0.39, 0.29) is 6.10 Å². The normalized spacial score (nSPS) is 18.7. The molecule has 0 spiro atoms. The second-order valence-electron chi connectivity index (χ2n) is 5.69. The fourth-order valence-electron chi connectivity index (χ4n) is 2.82. The predicted octanol–water partition coefficient (Wildman–Crippen LogP) is 4.75. The highest BCUT2D eigenvalue weighted by Gasteiger charge is 2.30. The zero-order chi connectivity index (χ0) is 16.3. The fourth-order valence-corrected chi connectivity index (χ4v) is 2.82. The maximum Gasteiger partial charge on any atom is 0.416 e. The van der Waals surface area contributed by atoms with Gasteiger partial charge in [0.1, 0.15) is 11.9 Å². The van der Waals surface area contributed by atoms with E-state index in [9.17, 15) is 13.2 Å². The van der Waals surface area contributed by atoms with Crippen molar-refractivity contribution in [3.63, 3.8) is 0 Å². The highest BCUT2D eigenvalue weighted by atomic mass is 19.4. The van der Waals surface area contributed by atoms with Crippen LogP contribution in [0.1, 0.15) is 18.4 Å². The van der Waals surface area contributed by atoms with Gasteiger partial charge in [0, 0.05) is 12.2 Å². The average molecular weight is 321 g/mol. The lowest BCUT2D eigenvalue weighted by atomic mass is 10.1. The third kappa shape index (κ3) is 3.97. The summed E-state index contributed by atoms with van der Waals surface area (Å²) >= 11 is 0. The summed E-state index contributed by atoms with van der Waals surface area (Å²) in [6, 6.07) is 15.0. The molecule has 1 heterocycles. The summed E-state index contributed by atoms with van der Waals surface area (Å²) in [7, 11) is 0. The molecule has 2 nitrogen and oxygen atoms in total. The fraction of sp³-hybridized carbons (Fsp3) is 0.333. The quantitative estimate of drug-likeness (QED) is 0.808. The van der Waals surface area contributed by atoms with Crippen molar-refractivity contribution in [2.75, 3.05) is 18.0 Å². The summed E-state index contributed by atoms with van der Waals surface area (Å²) in [5.41, 5.74) is 0.493. The number of hydrogen-bond donors (Lipinski definition) is 0. The van der Waals surface area contributed by atoms with Gasteiger partial charge >= 0.3 is 6.18 Å². The van der Waals surface area contributed by atoms with E-state index in [1.165, 1.54) is 12.1 Å². The van der Waals surface area contributed by atoms with Gasteiger partial charge in [0.2, 0.25) is 0 Å². The van der Waals surface area contributed by atoms with E-state index in [1.807, 2.05) is 18.2 Å². The number of alkyl halides is 3. The Morgan fingerprint density at radius 3 is 2.30 bits per heavy atom. The van der Waals surface area contributed by atoms with Gasteiger partial charge in [-0.2, -0.15) is 13.2 Å². The van der Waals surface area contributed by atoms with Gasteiger partial charge in [-0.05, 0) is 49.2 Å². The molecule has 2 aromatic carbocycles. The van der Waals surface area contributed by atoms with Crippen LogP contribution in [0.2, 0.25) is 0 Å². The second-order valence-corrected chi connectivity index (χ2v) is 5.69. The molecular formula is C18H18F3NO. The van der Waals surface area contributed by atoms with Crippen LogP contribution in [-0.4, -0.2) is 19.2 Å². The maximum absolute atomic E-state index is 12.6. The number of anilines is 1. The smallest absolute Gasteiger partial charge is 0.416 e. The molecule has 23 heavy (non-hydrogen) atoms. The Balaban J connectivity index is 1.64. The molecule has 1 unspecified atom stereocenters. The molecule has 1 aliphatic heterocycles. The van der Waals surface area contributed by atoms with Gasteiger partial charge in [0.05, 0.1) is 12.1 Å². The van der Waals surface area contributed by atoms with E-state index < -0.39 is 11.7 Å². The number of ether oxygens (including phenoxy) is 1. The number of piperidine rings is 1. The van der Waals surface area contributed by atoms with Crippen molar-refractivity contribution in [3.8, 4) is 5.75 Å². The van der Waals surface area contributed by atoms with E-state index in [1.54, 1.807) is 0 Å². The summed E-state index contributed by atoms with van der Waals surface area (Å²) in [4.78, 5) is 2.25. The molecule has 1 fully saturated rings. The van der Waals surface area contributed by atoms with Gasteiger partial charge in [0.15, 0.2) is 0 Å². The summed E-state index contributed by atoms with van der Waals surface area (Å²) in [5, 5.41) is 0. The first-order valence-electron chi connectivity index (χ1n) is 7.66. The molecular weight excluding hydrogens is 303 g/mol. The lowest BCUT2D eigenvalue weighted by Crippen LogP contribution is -2.41. The Bertz CT molecular complexity index is 625. The van der Waals surface area contributed by atoms with Crippen LogP contribution in [-0.2, 0) is 6.18 Å². The molecule has 0 N–H and O–H groups in total. The van der Waals surface area contributed by atoms with Crippen LogP contribution in [0.25, 0.3) is 0 Å². The SMILES string of the molecule is FC(F)(F)c1ccc(OC2CCCN(c3ccccc3)C2)cc1. The van der Waals surface area contributed by atoms with Gasteiger partial charge in [-0.15, -0.1) is 0 Å². The van der Waals surface area contributed by atoms with Crippen molar-refractivity contribution in [2.45, 2.75) is 25.1 Å². The molecule has 0 bridgehead atoms. The van der Waals surface area contributed by atoms with Crippen molar-refractivity contribution in [1.29, 1.82) is 0 Å². The Morgan fingerprint density at radius 1 is 0.957 bits per heavy atom. The molecule has 1 saturated heterocycles. The zero-order valence-corrected chi connectivity index (χ0v) is 12.6. The molecule has 0 aliphatic carbocycles. The standard InChI is InChI=1S/C18H18F3NO/c19-18(20,21)14-8-10-16(11-9-14)23-17-7-4-12-22(13-17)15-5-2-1-3-6-15/h1-3,5-6,8-11,17H,4,7,12-13H2. The predicted molar refractivity (Wildman–Crippen MR) is 83.7 cm³/mol. The van der Waals surface area contributed by atoms with Gasteiger partial charge in [0.25, 0.3) is 0 Å². The monoisotopic (exact) mass is 321 g/mol. The van der Waals surface area contributed by atoms with Crippen molar-refractivity contribution in [3.05, 3.63) is 60.2 Å². The van der Waals surface area contributed by atoms with Gasteiger partial charge in [-0.25, -0.2) is 0 Å². The van der Waals surface area contributed by atoms with Crippen LogP contribution in [0.15, 0.2) is 54.6 Å². The highest BCUT2D eigenvalue weighted by Crippen LogP contribution is 2.31. The molecule has 2 aromatic rings. The molecule has 1 aliphatic rings. The molecule has 0 radical (unpaired) electrons. The average Bonchev–Trinajstić information content (AvgIpc) is 2.56. The van der Waals surface area contributed by atoms with Crippen molar-refractivity contribution >= 4 is 5.69 Å². The molecule has 1 atom stereocenters. The number of halogens is 3. The minimum absolute atomic E-state index is 0.0132. The first-order chi connectivity index (χ1) is 11.0. The molecule has 0 aromatic heterocycles. The van der Waals surface area contributed by atoms with E-state index >= 15 is 0 Å². The van der Waals surface area contributed by atoms with Crippen molar-refractivity contribution in [2.24, 2.45) is 0 Å². The van der Waals surface area contributed by atoms with E-state index in [2.05, 4.69) is 17.0 Å². The highest BCUT2D eigenvalue weighted by molar-refractivity contribution is 5.46. The number of benzene rings is 2. The van der Waals surface area contributed by atoms with Crippen LogP contribution < -0.4 is 9.64 Å². The minimum atomic E-state index is -4.31. The molecule has 0 amide bonds. The Kier molecular flexibility index (Phi) is 4.46. The molecule has 122 valence electrons. The van der Waals surface area contributed by atoms with Crippen LogP contribution in [0.4, 0.5) is 18.9 Å². The third-order valence-corrected chi connectivity index (χ3v) is 3.98. The number of nitrogens with zero attached hydrogens (tertiary/aromatic N) is 1. The molecule has 5 heteroatoms. The van der Waals surface area contributed by atoms with Crippen molar-refractivity contribution in [1.82, 2.24) is 0 Å². The number of hydrogen-bond acceptors (Lipinski definition) is 2. The Morgan fingerprint density at radius 2 is 1.65 bits per heavy atom. The summed E-state index contributed by atoms with van der Waals surface area (Å²) < 4.78 is 43.6. The first kappa shape index (κ1) is 15.7. The first-order valence-corrected chi connectivity index (χ1v) is 7.66. The Labute approximate surface area is 133 Å². The molecule has 0 saturated carbocycles. The van der Waals surface area contributed by atoms with Crippen molar-refractivity contribution < 1.29 is 17.9 Å². The lowest BCUT2D eigenvalue weighted by Gasteiger charge is -2.34. The third-order valence-electron chi connectivity index (χ3n) is 3.98. The van der Waals surface area contributed by atoms with Crippen LogP contribution in [0, 0.1) is 0 Å². The number of para-hydroxylation sites is 1. The summed E-state index contributed by atoms with van der Waals surface area (Å²) in [6.07, 6.45) is -2.42. The summed E-state index contributed by atoms with van der Waals surface area (Å²) in [6.45, 7) is 1.71. The van der Waals surface area contributed by atoms with E-state index in [0.717, 1.165) is 43.8 Å². The van der Waals surface area contributed by atoms with E-state index in [4.69, 9.17) is 4.74 Å². The van der Waals surface area contributed by atoms with E-state index in [0.29, 0.717) is 5.75 Å². The maximum atomic E-state index is 12.6. The summed E-state index contributed by atoms with van der Waals surface area (Å²) in [5.74, 6) is 0.484. The molecule has 3 rings (SSSR count). The largest absolute Gasteiger partial charge is 0.489 e. The van der Waals surface area contributed by atoms with Gasteiger partial charge in [-0.3, -0.25) is 0 Å². The Hall–Kier alpha value is -2.17. The lowest BCUT2D eigenvalue weighted by molar-refractivity contribution is -0.137. The minimum Gasteiger partial charge on any atom is -0.489 e. The van der Waals surface area contributed by atoms with Crippen LogP contribution >= 0.6 is 0 Å². The second kappa shape index (κ2) is 6.52. The van der Waals surface area contributed by atoms with Gasteiger partial charge in [-0.1, -0.05) is 18.2 Å². The number of rotatable bonds is 3. The van der Waals surface area contributed by atoms with Crippen LogP contribution in [0.5, 0.6) is 5.75 Å².